The molecule has 34 heavy (non-hydrogen) atoms. The van der Waals surface area contributed by atoms with Crippen LogP contribution in [0, 0.1) is 0 Å². The number of carbonyl (C=O) groups excluding carboxylic acids is 2. The van der Waals surface area contributed by atoms with Gasteiger partial charge in [-0.05, 0) is 59.7 Å². The summed E-state index contributed by atoms with van der Waals surface area (Å²) >= 11 is 12.0. The molecule has 0 aliphatic rings. The summed E-state index contributed by atoms with van der Waals surface area (Å²) in [4.78, 5) is 25.4. The van der Waals surface area contributed by atoms with Gasteiger partial charge in [0.2, 0.25) is 0 Å². The lowest BCUT2D eigenvalue weighted by Gasteiger charge is -2.10. The number of rotatable bonds is 5. The molecule has 0 saturated carbocycles. The molecule has 0 saturated heterocycles. The minimum atomic E-state index is -0.532. The van der Waals surface area contributed by atoms with Crippen LogP contribution in [0.5, 0.6) is 5.75 Å². The highest BCUT2D eigenvalue weighted by Crippen LogP contribution is 2.27. The van der Waals surface area contributed by atoms with Crippen molar-refractivity contribution >= 4 is 57.2 Å². The Balaban J connectivity index is 1.52. The lowest BCUT2D eigenvalue weighted by molar-refractivity contribution is 0.0953. The number of phenolic OH excluding ortho intramolecular Hbond substituents is 1. The van der Waals surface area contributed by atoms with Crippen LogP contribution in [0.4, 0.5) is 5.69 Å². The van der Waals surface area contributed by atoms with Crippen LogP contribution in [0.1, 0.15) is 33.2 Å². The molecule has 0 radical (unpaired) electrons. The lowest BCUT2D eigenvalue weighted by atomic mass is 10.0. The van der Waals surface area contributed by atoms with E-state index in [2.05, 4.69) is 15.8 Å². The molecule has 6 nitrogen and oxygen atoms in total. The topological polar surface area (TPSA) is 90.8 Å². The lowest BCUT2D eigenvalue weighted by Crippen LogP contribution is -2.20. The Labute approximate surface area is 205 Å². The van der Waals surface area contributed by atoms with Crippen molar-refractivity contribution in [2.24, 2.45) is 5.10 Å². The van der Waals surface area contributed by atoms with Gasteiger partial charge in [-0.2, -0.15) is 5.10 Å². The van der Waals surface area contributed by atoms with Crippen LogP contribution in [0.25, 0.3) is 10.8 Å². The fourth-order valence-electron chi connectivity index (χ4n) is 3.45. The molecule has 2 amide bonds. The largest absolute Gasteiger partial charge is 0.507 e. The predicted molar refractivity (Wildman–Crippen MR) is 136 cm³/mol. The van der Waals surface area contributed by atoms with E-state index in [1.165, 1.54) is 12.1 Å². The van der Waals surface area contributed by atoms with Crippen molar-refractivity contribution in [3.8, 4) is 5.75 Å². The van der Waals surface area contributed by atoms with E-state index in [0.29, 0.717) is 32.9 Å². The van der Waals surface area contributed by atoms with Crippen LogP contribution in [0.2, 0.25) is 10.0 Å². The normalized spacial score (nSPS) is 11.3. The Morgan fingerprint density at radius 3 is 2.47 bits per heavy atom. The number of phenols is 1. The number of hydrazone groups is 1. The molecule has 0 atom stereocenters. The Morgan fingerprint density at radius 1 is 0.882 bits per heavy atom. The van der Waals surface area contributed by atoms with Crippen molar-refractivity contribution in [3.63, 3.8) is 0 Å². The Bertz CT molecular complexity index is 1450. The average Bonchev–Trinajstić information content (AvgIpc) is 2.82. The number of hydrogen-bond acceptors (Lipinski definition) is 4. The minimum absolute atomic E-state index is 0.130. The van der Waals surface area contributed by atoms with E-state index in [-0.39, 0.29) is 22.2 Å². The first-order valence-corrected chi connectivity index (χ1v) is 11.0. The van der Waals surface area contributed by atoms with Gasteiger partial charge in [0.05, 0.1) is 21.9 Å². The summed E-state index contributed by atoms with van der Waals surface area (Å²) in [6.45, 7) is 1.72. The Morgan fingerprint density at radius 2 is 1.68 bits per heavy atom. The molecule has 0 spiro atoms. The number of anilines is 1. The van der Waals surface area contributed by atoms with Crippen molar-refractivity contribution in [2.75, 3.05) is 5.32 Å². The zero-order valence-electron chi connectivity index (χ0n) is 18.0. The van der Waals surface area contributed by atoms with E-state index in [1.807, 2.05) is 12.1 Å². The second kappa shape index (κ2) is 9.95. The van der Waals surface area contributed by atoms with Gasteiger partial charge in [0, 0.05) is 10.7 Å². The molecular weight excluding hydrogens is 473 g/mol. The second-order valence-corrected chi connectivity index (χ2v) is 8.32. The second-order valence-electron chi connectivity index (χ2n) is 7.48. The van der Waals surface area contributed by atoms with Gasteiger partial charge >= 0.3 is 0 Å². The molecule has 0 aliphatic heterocycles. The maximum atomic E-state index is 12.8. The fraction of sp³-hybridized carbons (Fsp3) is 0.0385. The third-order valence-electron chi connectivity index (χ3n) is 5.17. The van der Waals surface area contributed by atoms with E-state index in [9.17, 15) is 14.7 Å². The smallest absolute Gasteiger partial charge is 0.275 e. The number of fused-ring (bicyclic) bond motifs is 1. The number of halogens is 2. The van der Waals surface area contributed by atoms with E-state index in [0.717, 1.165) is 5.39 Å². The van der Waals surface area contributed by atoms with Crippen molar-refractivity contribution in [1.82, 2.24) is 5.43 Å². The molecule has 4 aromatic carbocycles. The number of benzene rings is 4. The van der Waals surface area contributed by atoms with E-state index in [4.69, 9.17) is 23.2 Å². The zero-order valence-corrected chi connectivity index (χ0v) is 19.5. The highest BCUT2D eigenvalue weighted by molar-refractivity contribution is 6.37. The van der Waals surface area contributed by atoms with Crippen molar-refractivity contribution in [3.05, 3.63) is 106 Å². The molecule has 3 N–H and O–H groups in total. The molecule has 0 unspecified atom stereocenters. The molecule has 0 bridgehead atoms. The molecule has 170 valence electrons. The summed E-state index contributed by atoms with van der Waals surface area (Å²) in [5.74, 6) is -1.04. The number of hydrogen-bond donors (Lipinski definition) is 3. The van der Waals surface area contributed by atoms with Crippen LogP contribution >= 0.6 is 23.2 Å². The molecule has 8 heteroatoms. The van der Waals surface area contributed by atoms with Gasteiger partial charge in [0.15, 0.2) is 0 Å². The quantitative estimate of drug-likeness (QED) is 0.227. The maximum Gasteiger partial charge on any atom is 0.275 e. The number of amides is 2. The van der Waals surface area contributed by atoms with Crippen molar-refractivity contribution in [2.45, 2.75) is 6.92 Å². The first-order chi connectivity index (χ1) is 16.3. The fourth-order valence-corrected chi connectivity index (χ4v) is 3.94. The summed E-state index contributed by atoms with van der Waals surface area (Å²) in [6.07, 6.45) is 0. The van der Waals surface area contributed by atoms with Crippen LogP contribution in [0.15, 0.2) is 84.0 Å². The van der Waals surface area contributed by atoms with Gasteiger partial charge in [-0.15, -0.1) is 0 Å². The summed E-state index contributed by atoms with van der Waals surface area (Å²) in [7, 11) is 0. The third kappa shape index (κ3) is 5.03. The predicted octanol–water partition coefficient (Wildman–Crippen LogP) is 6.26. The number of aromatic hydroxyl groups is 1. The minimum Gasteiger partial charge on any atom is -0.507 e. The monoisotopic (exact) mass is 491 g/mol. The molecule has 4 aromatic rings. The summed E-state index contributed by atoms with van der Waals surface area (Å²) in [5.41, 5.74) is 4.66. The molecule has 4 rings (SSSR count). The molecule has 0 fully saturated rings. The summed E-state index contributed by atoms with van der Waals surface area (Å²) < 4.78 is 0. The van der Waals surface area contributed by atoms with Crippen LogP contribution in [-0.4, -0.2) is 22.6 Å². The van der Waals surface area contributed by atoms with Gasteiger partial charge in [0.25, 0.3) is 11.8 Å². The highest BCUT2D eigenvalue weighted by atomic mass is 35.5. The van der Waals surface area contributed by atoms with E-state index < -0.39 is 5.91 Å². The molecule has 0 aromatic heterocycles. The first kappa shape index (κ1) is 23.3. The number of nitrogens with zero attached hydrogens (tertiary/aromatic N) is 1. The molecule has 0 heterocycles. The maximum absolute atomic E-state index is 12.8. The molecular formula is C26H19Cl2N3O3. The number of nitrogens with one attached hydrogen (secondary N) is 2. The average molecular weight is 492 g/mol. The standard InChI is InChI=1S/C26H19Cl2N3O3/c1-15(30-31-26(34)24-20-8-3-2-5-16(20)9-12-23(24)32)17-6-4-7-19(13-17)29-25(33)21-11-10-18(27)14-22(21)28/h2-14,32H,1H3,(H,29,33)(H,31,34)/b30-15+. The summed E-state index contributed by atoms with van der Waals surface area (Å²) in [6, 6.07) is 22.1. The van der Waals surface area contributed by atoms with Gasteiger partial charge in [-0.25, -0.2) is 5.43 Å². The van der Waals surface area contributed by atoms with Crippen LogP contribution < -0.4 is 10.7 Å². The van der Waals surface area contributed by atoms with Crippen LogP contribution in [0.3, 0.4) is 0 Å². The molecule has 0 aliphatic carbocycles. The van der Waals surface area contributed by atoms with Gasteiger partial charge in [-0.3, -0.25) is 9.59 Å². The SMILES string of the molecule is C/C(=N\NC(=O)c1c(O)ccc2ccccc12)c1cccc(NC(=O)c2ccc(Cl)cc2Cl)c1. The summed E-state index contributed by atoms with van der Waals surface area (Å²) in [5, 5.41) is 19.4. The highest BCUT2D eigenvalue weighted by Gasteiger charge is 2.15. The van der Waals surface area contributed by atoms with Gasteiger partial charge in [0.1, 0.15) is 5.75 Å². The first-order valence-electron chi connectivity index (χ1n) is 10.3. The van der Waals surface area contributed by atoms with Gasteiger partial charge in [-0.1, -0.05) is 65.7 Å². The van der Waals surface area contributed by atoms with E-state index in [1.54, 1.807) is 61.5 Å². The Kier molecular flexibility index (Phi) is 6.82. The Hall–Kier alpha value is -3.87. The van der Waals surface area contributed by atoms with Crippen molar-refractivity contribution < 1.29 is 14.7 Å². The van der Waals surface area contributed by atoms with E-state index >= 15 is 0 Å². The zero-order chi connectivity index (χ0) is 24.2. The van der Waals surface area contributed by atoms with Gasteiger partial charge < -0.3 is 10.4 Å². The van der Waals surface area contributed by atoms with Crippen molar-refractivity contribution in [1.29, 1.82) is 0 Å². The van der Waals surface area contributed by atoms with Crippen LogP contribution in [-0.2, 0) is 0 Å². The number of carbonyl (C=O) groups is 2. The third-order valence-corrected chi connectivity index (χ3v) is 5.72.